The quantitative estimate of drug-likeness (QED) is 0.282. The lowest BCUT2D eigenvalue weighted by molar-refractivity contribution is -0.192. The third-order valence-corrected chi connectivity index (χ3v) is 7.96. The van der Waals surface area contributed by atoms with E-state index < -0.39 is 18.3 Å². The molecule has 41 heavy (non-hydrogen) atoms. The number of nitrogens with zero attached hydrogens (tertiary/aromatic N) is 5. The number of carbonyl (C=O) groups excluding carboxylic acids is 3. The highest BCUT2D eigenvalue weighted by Gasteiger charge is 2.51. The van der Waals surface area contributed by atoms with E-state index in [9.17, 15) is 29.4 Å². The second-order valence-corrected chi connectivity index (χ2v) is 10.7. The van der Waals surface area contributed by atoms with Gasteiger partial charge in [0.05, 0.1) is 18.6 Å². The predicted molar refractivity (Wildman–Crippen MR) is 146 cm³/mol. The fourth-order valence-corrected chi connectivity index (χ4v) is 5.85. The molecule has 3 aromatic rings. The maximum atomic E-state index is 14.0. The van der Waals surface area contributed by atoms with Crippen LogP contribution in [0.2, 0.25) is 0 Å². The largest absolute Gasteiger partial charge is 0.508 e. The van der Waals surface area contributed by atoms with Crippen LogP contribution in [-0.4, -0.2) is 95.8 Å². The average molecular weight is 559 g/mol. The molecule has 12 nitrogen and oxygen atoms in total. The lowest BCUT2D eigenvalue weighted by atomic mass is 9.98. The molecule has 3 heterocycles. The molecule has 6 rings (SSSR count). The number of para-hydroxylation sites is 1. The summed E-state index contributed by atoms with van der Waals surface area (Å²) in [5.41, 5.74) is 2.44. The van der Waals surface area contributed by atoms with Crippen molar-refractivity contribution in [3.05, 3.63) is 71.9 Å². The van der Waals surface area contributed by atoms with Gasteiger partial charge in [0, 0.05) is 30.8 Å². The molecular formula is C29H30N6O6. The highest BCUT2D eigenvalue weighted by Crippen LogP contribution is 2.35. The van der Waals surface area contributed by atoms with Gasteiger partial charge in [0.25, 0.3) is 0 Å². The zero-order valence-corrected chi connectivity index (χ0v) is 22.3. The summed E-state index contributed by atoms with van der Waals surface area (Å²) in [5, 5.41) is 30.4. The molecule has 12 heteroatoms. The van der Waals surface area contributed by atoms with Crippen LogP contribution in [0.25, 0.3) is 10.9 Å². The number of hydrogen-bond donors (Lipinski definition) is 3. The van der Waals surface area contributed by atoms with Crippen molar-refractivity contribution >= 4 is 34.6 Å². The first-order valence-corrected chi connectivity index (χ1v) is 13.5. The lowest BCUT2D eigenvalue weighted by Gasteiger charge is -2.54. The summed E-state index contributed by atoms with van der Waals surface area (Å²) in [6.45, 7) is 3.68. The zero-order chi connectivity index (χ0) is 28.8. The number of nitrogens with one attached hydrogen (secondary N) is 1. The molecule has 1 saturated carbocycles. The number of hydrazine groups is 1. The lowest BCUT2D eigenvalue weighted by Crippen LogP contribution is -2.75. The minimum absolute atomic E-state index is 0.0157. The number of aromatic amines is 1. The van der Waals surface area contributed by atoms with Crippen molar-refractivity contribution in [1.82, 2.24) is 30.0 Å². The number of benzene rings is 2. The Labute approximate surface area is 235 Å². The Hall–Kier alpha value is -4.71. The van der Waals surface area contributed by atoms with E-state index in [0.29, 0.717) is 27.7 Å². The molecule has 0 unspecified atom stereocenters. The summed E-state index contributed by atoms with van der Waals surface area (Å²) in [4.78, 5) is 55.7. The second-order valence-electron chi connectivity index (χ2n) is 10.7. The molecule has 3 N–H and O–H groups in total. The van der Waals surface area contributed by atoms with Gasteiger partial charge in [-0.05, 0) is 36.1 Å². The highest BCUT2D eigenvalue weighted by atomic mass is 16.4. The summed E-state index contributed by atoms with van der Waals surface area (Å²) in [6.07, 6.45) is 1.19. The molecule has 2 aromatic carbocycles. The van der Waals surface area contributed by atoms with Gasteiger partial charge in [0.1, 0.15) is 23.7 Å². The molecule has 3 fully saturated rings. The summed E-state index contributed by atoms with van der Waals surface area (Å²) in [7, 11) is 0. The van der Waals surface area contributed by atoms with Crippen molar-refractivity contribution in [2.24, 2.45) is 5.92 Å². The Morgan fingerprint density at radius 1 is 1.12 bits per heavy atom. The molecule has 1 aliphatic carbocycles. The van der Waals surface area contributed by atoms with Crippen molar-refractivity contribution in [2.75, 3.05) is 19.6 Å². The first kappa shape index (κ1) is 26.5. The molecule has 0 radical (unpaired) electrons. The number of piperazine rings is 1. The number of hydrogen-bond acceptors (Lipinski definition) is 7. The van der Waals surface area contributed by atoms with E-state index in [1.54, 1.807) is 17.0 Å². The van der Waals surface area contributed by atoms with E-state index >= 15 is 0 Å². The highest BCUT2D eigenvalue weighted by molar-refractivity contribution is 6.08. The van der Waals surface area contributed by atoms with Crippen LogP contribution in [0.3, 0.4) is 0 Å². The molecule has 2 saturated heterocycles. The molecule has 1 aromatic heterocycles. The van der Waals surface area contributed by atoms with Gasteiger partial charge < -0.3 is 20.0 Å². The normalized spacial score (nSPS) is 21.3. The number of phenols is 1. The minimum atomic E-state index is -1.25. The van der Waals surface area contributed by atoms with Crippen molar-refractivity contribution < 1.29 is 29.4 Å². The third-order valence-electron chi connectivity index (χ3n) is 7.96. The van der Waals surface area contributed by atoms with E-state index in [0.717, 1.165) is 17.9 Å². The second kappa shape index (κ2) is 10.4. The predicted octanol–water partition coefficient (Wildman–Crippen LogP) is 2.37. The summed E-state index contributed by atoms with van der Waals surface area (Å²) >= 11 is 0. The number of carbonyl (C=O) groups is 4. The topological polar surface area (TPSA) is 150 Å². The van der Waals surface area contributed by atoms with E-state index in [2.05, 4.69) is 16.8 Å². The smallest absolute Gasteiger partial charge is 0.424 e. The molecule has 212 valence electrons. The maximum Gasteiger partial charge on any atom is 0.424 e. The fraction of sp³-hybridized carbons (Fsp3) is 0.345. The van der Waals surface area contributed by atoms with Gasteiger partial charge in [-0.3, -0.25) is 19.5 Å². The van der Waals surface area contributed by atoms with Crippen molar-refractivity contribution in [3.8, 4) is 5.75 Å². The number of ketones is 1. The van der Waals surface area contributed by atoms with Gasteiger partial charge in [-0.25, -0.2) is 14.8 Å². The van der Waals surface area contributed by atoms with Crippen LogP contribution in [0, 0.1) is 5.92 Å². The molecule has 3 aliphatic rings. The number of phenolic OH excluding ortho intramolecular Hbond substituents is 1. The Morgan fingerprint density at radius 3 is 2.56 bits per heavy atom. The first-order chi connectivity index (χ1) is 19.8. The van der Waals surface area contributed by atoms with Gasteiger partial charge in [0.15, 0.2) is 5.78 Å². The molecule has 0 bridgehead atoms. The molecular weight excluding hydrogens is 528 g/mol. The number of Topliss-reactive ketones (excluding diaryl/α,β-unsaturated/α-hetero) is 1. The van der Waals surface area contributed by atoms with Crippen LogP contribution in [-0.2, 0) is 22.6 Å². The molecule has 0 spiro atoms. The SMILES string of the molecule is C=CCN1CC(=O)N2[C@@H](Cc3ccc(O)cc3)C(=O)N(Cc3cccc4c(C(=O)C5CC5)[nH]nc34)C[C@@H]2N1C(=O)O. The van der Waals surface area contributed by atoms with Crippen LogP contribution in [0.5, 0.6) is 5.75 Å². The van der Waals surface area contributed by atoms with E-state index in [4.69, 9.17) is 0 Å². The number of carboxylic acid groups (broad SMARTS) is 1. The summed E-state index contributed by atoms with van der Waals surface area (Å²) in [5.74, 6) is -0.567. The summed E-state index contributed by atoms with van der Waals surface area (Å²) in [6, 6.07) is 10.8. The maximum absolute atomic E-state index is 14.0. The van der Waals surface area contributed by atoms with Gasteiger partial charge in [-0.15, -0.1) is 6.58 Å². The van der Waals surface area contributed by atoms with Gasteiger partial charge in [-0.2, -0.15) is 5.10 Å². The number of aromatic nitrogens is 2. The number of rotatable bonds is 8. The number of aromatic hydroxyl groups is 1. The van der Waals surface area contributed by atoms with Crippen LogP contribution in [0.4, 0.5) is 4.79 Å². The van der Waals surface area contributed by atoms with Crippen LogP contribution >= 0.6 is 0 Å². The molecule has 2 atom stereocenters. The Morgan fingerprint density at radius 2 is 1.88 bits per heavy atom. The number of H-pyrrole nitrogens is 1. The van der Waals surface area contributed by atoms with Gasteiger partial charge in [-0.1, -0.05) is 36.4 Å². The van der Waals surface area contributed by atoms with Crippen molar-refractivity contribution in [1.29, 1.82) is 0 Å². The van der Waals surface area contributed by atoms with Crippen LogP contribution in [0.15, 0.2) is 55.1 Å². The van der Waals surface area contributed by atoms with Gasteiger partial charge in [0.2, 0.25) is 11.8 Å². The monoisotopic (exact) mass is 558 g/mol. The molecule has 2 aliphatic heterocycles. The minimum Gasteiger partial charge on any atom is -0.508 e. The van der Waals surface area contributed by atoms with Gasteiger partial charge >= 0.3 is 6.09 Å². The van der Waals surface area contributed by atoms with Crippen LogP contribution in [0.1, 0.15) is 34.5 Å². The molecule has 3 amide bonds. The Bertz CT molecular complexity index is 1550. The Balaban J connectivity index is 1.37. The van der Waals surface area contributed by atoms with Crippen LogP contribution < -0.4 is 0 Å². The average Bonchev–Trinajstić information content (AvgIpc) is 3.70. The first-order valence-electron chi connectivity index (χ1n) is 13.5. The van der Waals surface area contributed by atoms with E-state index in [-0.39, 0.29) is 61.9 Å². The van der Waals surface area contributed by atoms with Crippen molar-refractivity contribution in [3.63, 3.8) is 0 Å². The van der Waals surface area contributed by atoms with Crippen molar-refractivity contribution in [2.45, 2.75) is 38.0 Å². The third kappa shape index (κ3) is 4.80. The zero-order valence-electron chi connectivity index (χ0n) is 22.3. The van der Waals surface area contributed by atoms with E-state index in [1.807, 2.05) is 18.2 Å². The number of amides is 3. The number of fused-ring (bicyclic) bond motifs is 2. The van der Waals surface area contributed by atoms with E-state index in [1.165, 1.54) is 28.1 Å². The summed E-state index contributed by atoms with van der Waals surface area (Å²) < 4.78 is 0. The fourth-order valence-electron chi connectivity index (χ4n) is 5.85. The standard InChI is InChI=1S/C29H30N6O6/c1-2-12-33-16-24(37)34-22(13-17-6-10-20(36)11-7-17)28(39)32(15-23(34)35(33)29(40)41)14-19-4-3-5-21-25(19)30-31-26(21)27(38)18-8-9-18/h2-7,10-11,18,22-23,36H,1,8-9,12-16H2,(H,30,31)(H,40,41)/t22-,23-/m0/s1. The Kier molecular flexibility index (Phi) is 6.70.